The van der Waals surface area contributed by atoms with Crippen LogP contribution < -0.4 is 0 Å². The van der Waals surface area contributed by atoms with Crippen molar-refractivity contribution in [1.29, 1.82) is 0 Å². The number of hydrogen-bond acceptors (Lipinski definition) is 2. The van der Waals surface area contributed by atoms with Gasteiger partial charge in [0.25, 0.3) is 0 Å². The third-order valence-corrected chi connectivity index (χ3v) is 2.45. The van der Waals surface area contributed by atoms with E-state index in [4.69, 9.17) is 4.74 Å². The summed E-state index contributed by atoms with van der Waals surface area (Å²) in [5.41, 5.74) is 0.103. The first-order chi connectivity index (χ1) is 5.90. The number of hydrogen-bond donors (Lipinski definition) is 0. The van der Waals surface area contributed by atoms with E-state index in [2.05, 4.69) is 32.3 Å². The summed E-state index contributed by atoms with van der Waals surface area (Å²) in [6, 6.07) is 0. The Hall–Kier alpha value is -0.500. The van der Waals surface area contributed by atoms with Crippen molar-refractivity contribution in [2.45, 2.75) is 27.2 Å². The quantitative estimate of drug-likeness (QED) is 0.590. The summed E-state index contributed by atoms with van der Waals surface area (Å²) >= 11 is 0. The van der Waals surface area contributed by atoms with E-state index in [0.717, 1.165) is 25.3 Å². The number of allylic oxidation sites excluding steroid dienone is 1. The van der Waals surface area contributed by atoms with Gasteiger partial charge < -0.3 is 9.64 Å². The maximum absolute atomic E-state index is 5.57. The molecule has 0 aliphatic heterocycles. The van der Waals surface area contributed by atoms with Gasteiger partial charge in [0.15, 0.2) is 0 Å². The van der Waals surface area contributed by atoms with Gasteiger partial charge in [0.2, 0.25) is 0 Å². The van der Waals surface area contributed by atoms with Crippen LogP contribution in [0.4, 0.5) is 0 Å². The molecule has 0 fully saturated rings. The highest BCUT2D eigenvalue weighted by molar-refractivity contribution is 4.97. The van der Waals surface area contributed by atoms with Crippen LogP contribution in [0.3, 0.4) is 0 Å². The molecule has 0 heterocycles. The van der Waals surface area contributed by atoms with Crippen LogP contribution in [0.1, 0.15) is 27.2 Å². The zero-order chi connectivity index (χ0) is 10.5. The summed E-state index contributed by atoms with van der Waals surface area (Å²) in [5, 5.41) is 0. The predicted molar refractivity (Wildman–Crippen MR) is 57.7 cm³/mol. The summed E-state index contributed by atoms with van der Waals surface area (Å²) < 4.78 is 5.57. The largest absolute Gasteiger partial charge is 0.497 e. The van der Waals surface area contributed by atoms with Crippen molar-refractivity contribution in [3.8, 4) is 0 Å². The molecule has 0 spiro atoms. The van der Waals surface area contributed by atoms with E-state index < -0.39 is 0 Å². The van der Waals surface area contributed by atoms with Crippen LogP contribution in [0.25, 0.3) is 0 Å². The molecule has 2 heteroatoms. The molecule has 0 aliphatic rings. The van der Waals surface area contributed by atoms with Gasteiger partial charge in [-0.15, -0.1) is 0 Å². The highest BCUT2D eigenvalue weighted by Crippen LogP contribution is 2.28. The Kier molecular flexibility index (Phi) is 5.07. The molecule has 0 N–H and O–H groups in total. The molecule has 0 atom stereocenters. The maximum Gasteiger partial charge on any atom is 0.100 e. The Bertz CT molecular complexity index is 161. The Labute approximate surface area is 82.6 Å². The molecule has 78 valence electrons. The second-order valence-corrected chi connectivity index (χ2v) is 4.31. The fraction of sp³-hybridized carbons (Fsp3) is 0.818. The fourth-order valence-corrected chi connectivity index (χ4v) is 0.744. The van der Waals surface area contributed by atoms with Crippen LogP contribution in [-0.2, 0) is 4.74 Å². The molecule has 0 amide bonds. The van der Waals surface area contributed by atoms with Crippen molar-refractivity contribution in [1.82, 2.24) is 4.90 Å². The Balaban J connectivity index is 3.75. The van der Waals surface area contributed by atoms with Crippen molar-refractivity contribution < 1.29 is 4.74 Å². The number of nitrogens with zero attached hydrogens (tertiary/aromatic N) is 1. The van der Waals surface area contributed by atoms with Crippen molar-refractivity contribution in [2.75, 3.05) is 27.2 Å². The summed E-state index contributed by atoms with van der Waals surface area (Å²) in [6.07, 6.45) is 1.06. The summed E-state index contributed by atoms with van der Waals surface area (Å²) in [5.74, 6) is 0.900. The monoisotopic (exact) mass is 185 g/mol. The van der Waals surface area contributed by atoms with Gasteiger partial charge in [-0.05, 0) is 20.5 Å². The average Bonchev–Trinajstić information content (AvgIpc) is 2.03. The fourth-order valence-electron chi connectivity index (χ4n) is 0.744. The summed E-state index contributed by atoms with van der Waals surface area (Å²) in [6.45, 7) is 12.1. The molecule has 0 aromatic rings. The van der Waals surface area contributed by atoms with E-state index in [0.29, 0.717) is 0 Å². The minimum atomic E-state index is 0.103. The lowest BCUT2D eigenvalue weighted by Crippen LogP contribution is -2.21. The van der Waals surface area contributed by atoms with Gasteiger partial charge in [0, 0.05) is 12.0 Å². The van der Waals surface area contributed by atoms with E-state index in [9.17, 15) is 0 Å². The number of ether oxygens (including phenoxy) is 1. The maximum atomic E-state index is 5.57. The van der Waals surface area contributed by atoms with E-state index in [-0.39, 0.29) is 5.41 Å². The van der Waals surface area contributed by atoms with Gasteiger partial charge >= 0.3 is 0 Å². The number of rotatable bonds is 6. The van der Waals surface area contributed by atoms with Gasteiger partial charge in [0.05, 0.1) is 5.76 Å². The minimum absolute atomic E-state index is 0.103. The van der Waals surface area contributed by atoms with Crippen molar-refractivity contribution >= 4 is 0 Å². The van der Waals surface area contributed by atoms with Crippen molar-refractivity contribution in [2.24, 2.45) is 5.41 Å². The van der Waals surface area contributed by atoms with E-state index in [1.54, 1.807) is 0 Å². The Morgan fingerprint density at radius 1 is 1.38 bits per heavy atom. The second-order valence-electron chi connectivity index (χ2n) is 4.31. The first-order valence-electron chi connectivity index (χ1n) is 4.87. The summed E-state index contributed by atoms with van der Waals surface area (Å²) in [7, 11) is 4.08. The minimum Gasteiger partial charge on any atom is -0.497 e. The molecule has 13 heavy (non-hydrogen) atoms. The van der Waals surface area contributed by atoms with Crippen LogP contribution in [0.2, 0.25) is 0 Å². The van der Waals surface area contributed by atoms with E-state index in [1.165, 1.54) is 0 Å². The molecule has 0 bridgehead atoms. The van der Waals surface area contributed by atoms with Crippen molar-refractivity contribution in [3.05, 3.63) is 12.3 Å². The molecule has 0 saturated heterocycles. The van der Waals surface area contributed by atoms with Crippen LogP contribution in [0.15, 0.2) is 12.3 Å². The standard InChI is InChI=1S/C11H23NO/c1-7-11(3,4)10(2)13-9-8-12(5)6/h2,7-9H2,1,3-6H3. The molecule has 0 aliphatic carbocycles. The van der Waals surface area contributed by atoms with E-state index >= 15 is 0 Å². The van der Waals surface area contributed by atoms with Gasteiger partial charge in [0.1, 0.15) is 6.61 Å². The third-order valence-electron chi connectivity index (χ3n) is 2.45. The van der Waals surface area contributed by atoms with Crippen LogP contribution in [-0.4, -0.2) is 32.1 Å². The highest BCUT2D eigenvalue weighted by atomic mass is 16.5. The van der Waals surface area contributed by atoms with Crippen LogP contribution in [0.5, 0.6) is 0 Å². The first kappa shape index (κ1) is 12.5. The molecule has 0 unspecified atom stereocenters. The molecule has 0 saturated carbocycles. The topological polar surface area (TPSA) is 12.5 Å². The van der Waals surface area contributed by atoms with E-state index in [1.807, 2.05) is 14.1 Å². The lowest BCUT2D eigenvalue weighted by molar-refractivity contribution is 0.127. The Morgan fingerprint density at radius 3 is 2.31 bits per heavy atom. The normalized spacial score (nSPS) is 11.8. The van der Waals surface area contributed by atoms with Gasteiger partial charge in [-0.3, -0.25) is 0 Å². The smallest absolute Gasteiger partial charge is 0.100 e. The number of likely N-dealkylation sites (N-methyl/N-ethyl adjacent to an activating group) is 1. The molecule has 0 rings (SSSR count). The molecular weight excluding hydrogens is 162 g/mol. The Morgan fingerprint density at radius 2 is 1.92 bits per heavy atom. The zero-order valence-electron chi connectivity index (χ0n) is 9.68. The first-order valence-corrected chi connectivity index (χ1v) is 4.87. The van der Waals surface area contributed by atoms with Gasteiger partial charge in [-0.25, -0.2) is 0 Å². The van der Waals surface area contributed by atoms with Crippen molar-refractivity contribution in [3.63, 3.8) is 0 Å². The van der Waals surface area contributed by atoms with Gasteiger partial charge in [-0.1, -0.05) is 27.4 Å². The van der Waals surface area contributed by atoms with Crippen LogP contribution >= 0.6 is 0 Å². The predicted octanol–water partition coefficient (Wildman–Crippen LogP) is 2.51. The second kappa shape index (κ2) is 5.28. The summed E-state index contributed by atoms with van der Waals surface area (Å²) in [4.78, 5) is 2.10. The lowest BCUT2D eigenvalue weighted by Gasteiger charge is -2.26. The molecule has 0 radical (unpaired) electrons. The molecular formula is C11H23NO. The highest BCUT2D eigenvalue weighted by Gasteiger charge is 2.20. The lowest BCUT2D eigenvalue weighted by atomic mass is 9.88. The molecule has 2 nitrogen and oxygen atoms in total. The molecule has 0 aromatic heterocycles. The molecule has 0 aromatic carbocycles. The average molecular weight is 185 g/mol. The SMILES string of the molecule is C=C(OCCN(C)C)C(C)(C)CC. The van der Waals surface area contributed by atoms with Crippen LogP contribution in [0, 0.1) is 5.41 Å². The third kappa shape index (κ3) is 4.94. The zero-order valence-corrected chi connectivity index (χ0v) is 9.68. The van der Waals surface area contributed by atoms with Gasteiger partial charge in [-0.2, -0.15) is 0 Å².